The van der Waals surface area contributed by atoms with E-state index in [4.69, 9.17) is 5.73 Å². The smallest absolute Gasteiger partial charge is 0.242 e. The van der Waals surface area contributed by atoms with Crippen LogP contribution in [0.1, 0.15) is 12.5 Å². The highest BCUT2D eigenvalue weighted by atomic mass is 79.9. The van der Waals surface area contributed by atoms with Crippen molar-refractivity contribution in [1.29, 1.82) is 0 Å². The van der Waals surface area contributed by atoms with Crippen LogP contribution in [0.25, 0.3) is 0 Å². The van der Waals surface area contributed by atoms with Crippen molar-refractivity contribution in [2.45, 2.75) is 12.5 Å². The van der Waals surface area contributed by atoms with E-state index in [-0.39, 0.29) is 5.91 Å². The Balaban J connectivity index is 3.13. The molecule has 76 valence electrons. The Morgan fingerprint density at radius 1 is 1.43 bits per heavy atom. The minimum atomic E-state index is -0.805. The Labute approximate surface area is 91.8 Å². The lowest BCUT2D eigenvalue weighted by atomic mass is 9.92. The fraction of sp³-hybridized carbons (Fsp3) is 0.300. The first-order valence-corrected chi connectivity index (χ1v) is 5.05. The molecule has 0 spiro atoms. The summed E-state index contributed by atoms with van der Waals surface area (Å²) < 4.78 is 0.976. The van der Waals surface area contributed by atoms with Gasteiger partial charge in [0.2, 0.25) is 5.91 Å². The lowest BCUT2D eigenvalue weighted by Gasteiger charge is -2.25. The highest BCUT2D eigenvalue weighted by molar-refractivity contribution is 9.10. The summed E-state index contributed by atoms with van der Waals surface area (Å²) in [7, 11) is 1.72. The maximum atomic E-state index is 11.3. The zero-order valence-electron chi connectivity index (χ0n) is 8.17. The summed E-state index contributed by atoms with van der Waals surface area (Å²) in [5, 5.41) is 2.92. The van der Waals surface area contributed by atoms with Gasteiger partial charge in [0.05, 0.1) is 0 Å². The van der Waals surface area contributed by atoms with Crippen LogP contribution < -0.4 is 11.1 Å². The van der Waals surface area contributed by atoms with Crippen LogP contribution in [0.2, 0.25) is 0 Å². The minimum Gasteiger partial charge on any atom is -0.368 e. The number of hydrogen-bond donors (Lipinski definition) is 2. The van der Waals surface area contributed by atoms with Crippen molar-refractivity contribution >= 4 is 21.8 Å². The molecule has 0 aromatic heterocycles. The van der Waals surface area contributed by atoms with Crippen LogP contribution in [0, 0.1) is 0 Å². The third-order valence-corrected chi connectivity index (χ3v) is 2.94. The molecule has 1 rings (SSSR count). The van der Waals surface area contributed by atoms with E-state index >= 15 is 0 Å². The van der Waals surface area contributed by atoms with E-state index in [1.165, 1.54) is 0 Å². The van der Waals surface area contributed by atoms with Crippen molar-refractivity contribution in [3.63, 3.8) is 0 Å². The average Bonchev–Trinajstić information content (AvgIpc) is 2.17. The van der Waals surface area contributed by atoms with Crippen LogP contribution in [0.4, 0.5) is 0 Å². The van der Waals surface area contributed by atoms with Gasteiger partial charge in [-0.3, -0.25) is 4.79 Å². The molecule has 4 heteroatoms. The van der Waals surface area contributed by atoms with Crippen molar-refractivity contribution in [3.8, 4) is 0 Å². The Morgan fingerprint density at radius 2 is 1.93 bits per heavy atom. The van der Waals surface area contributed by atoms with Gasteiger partial charge in [-0.25, -0.2) is 0 Å². The monoisotopic (exact) mass is 256 g/mol. The summed E-state index contributed by atoms with van der Waals surface area (Å²) >= 11 is 3.33. The van der Waals surface area contributed by atoms with E-state index in [1.807, 2.05) is 24.3 Å². The summed E-state index contributed by atoms with van der Waals surface area (Å²) in [6.07, 6.45) is 0. The van der Waals surface area contributed by atoms with Crippen LogP contribution in [0.3, 0.4) is 0 Å². The number of likely N-dealkylation sites (N-methyl/N-ethyl adjacent to an activating group) is 1. The zero-order chi connectivity index (χ0) is 10.8. The molecule has 0 aliphatic heterocycles. The molecule has 0 bridgehead atoms. The predicted octanol–water partition coefficient (Wildman–Crippen LogP) is 1.37. The summed E-state index contributed by atoms with van der Waals surface area (Å²) in [5.41, 5.74) is 5.39. The summed E-state index contributed by atoms with van der Waals surface area (Å²) in [4.78, 5) is 11.3. The largest absolute Gasteiger partial charge is 0.368 e. The molecule has 0 aliphatic carbocycles. The van der Waals surface area contributed by atoms with Gasteiger partial charge in [-0.1, -0.05) is 28.1 Å². The van der Waals surface area contributed by atoms with Crippen molar-refractivity contribution in [2.75, 3.05) is 7.05 Å². The van der Waals surface area contributed by atoms with E-state index in [9.17, 15) is 4.79 Å². The van der Waals surface area contributed by atoms with Crippen LogP contribution in [0.5, 0.6) is 0 Å². The number of primary amides is 1. The normalized spacial score (nSPS) is 14.8. The molecule has 3 N–H and O–H groups in total. The fourth-order valence-corrected chi connectivity index (χ4v) is 1.46. The number of nitrogens with two attached hydrogens (primary N) is 1. The second kappa shape index (κ2) is 4.11. The van der Waals surface area contributed by atoms with E-state index in [0.29, 0.717) is 0 Å². The number of rotatable bonds is 3. The average molecular weight is 257 g/mol. The molecule has 0 aliphatic rings. The Bertz CT molecular complexity index is 336. The third-order valence-electron chi connectivity index (χ3n) is 2.41. The molecule has 0 fully saturated rings. The van der Waals surface area contributed by atoms with Gasteiger partial charge in [0, 0.05) is 4.47 Å². The van der Waals surface area contributed by atoms with Gasteiger partial charge in [0.15, 0.2) is 0 Å². The SMILES string of the molecule is CNC(C)(C(N)=O)c1ccc(Br)cc1. The Kier molecular flexibility index (Phi) is 3.29. The number of carbonyl (C=O) groups excluding carboxylic acids is 1. The number of carbonyl (C=O) groups is 1. The molecule has 1 aromatic rings. The standard InChI is InChI=1S/C10H13BrN2O/c1-10(13-2,9(12)14)7-3-5-8(11)6-4-7/h3-6,13H,1-2H3,(H2,12,14). The highest BCUT2D eigenvalue weighted by Crippen LogP contribution is 2.21. The van der Waals surface area contributed by atoms with Gasteiger partial charge in [-0.2, -0.15) is 0 Å². The third kappa shape index (κ3) is 1.96. The summed E-state index contributed by atoms with van der Waals surface area (Å²) in [5.74, 6) is -0.387. The van der Waals surface area contributed by atoms with Gasteiger partial charge >= 0.3 is 0 Å². The first-order valence-electron chi connectivity index (χ1n) is 4.25. The number of amides is 1. The molecule has 0 heterocycles. The van der Waals surface area contributed by atoms with Crippen molar-refractivity contribution in [1.82, 2.24) is 5.32 Å². The molecule has 0 saturated carbocycles. The van der Waals surface area contributed by atoms with Crippen LogP contribution in [-0.2, 0) is 10.3 Å². The summed E-state index contributed by atoms with van der Waals surface area (Å²) in [6.45, 7) is 1.76. The van der Waals surface area contributed by atoms with E-state index in [1.54, 1.807) is 14.0 Å². The van der Waals surface area contributed by atoms with E-state index in [0.717, 1.165) is 10.0 Å². The topological polar surface area (TPSA) is 55.1 Å². The second-order valence-corrected chi connectivity index (χ2v) is 4.16. The highest BCUT2D eigenvalue weighted by Gasteiger charge is 2.30. The lowest BCUT2D eigenvalue weighted by molar-refractivity contribution is -0.123. The number of nitrogens with one attached hydrogen (secondary N) is 1. The predicted molar refractivity (Wildman–Crippen MR) is 59.7 cm³/mol. The fourth-order valence-electron chi connectivity index (χ4n) is 1.19. The number of benzene rings is 1. The quantitative estimate of drug-likeness (QED) is 0.859. The number of hydrogen-bond acceptors (Lipinski definition) is 2. The molecule has 1 atom stereocenters. The first kappa shape index (κ1) is 11.2. The van der Waals surface area contributed by atoms with Crippen molar-refractivity contribution in [2.24, 2.45) is 5.73 Å². The maximum Gasteiger partial charge on any atom is 0.242 e. The second-order valence-electron chi connectivity index (χ2n) is 3.25. The van der Waals surface area contributed by atoms with E-state index in [2.05, 4.69) is 21.2 Å². The van der Waals surface area contributed by atoms with Crippen LogP contribution in [0.15, 0.2) is 28.7 Å². The van der Waals surface area contributed by atoms with Gasteiger partial charge in [-0.05, 0) is 31.7 Å². The Hall–Kier alpha value is -0.870. The lowest BCUT2D eigenvalue weighted by Crippen LogP contribution is -2.48. The van der Waals surface area contributed by atoms with Gasteiger partial charge < -0.3 is 11.1 Å². The molecule has 14 heavy (non-hydrogen) atoms. The van der Waals surface area contributed by atoms with Crippen LogP contribution in [-0.4, -0.2) is 13.0 Å². The maximum absolute atomic E-state index is 11.3. The van der Waals surface area contributed by atoms with Crippen molar-refractivity contribution < 1.29 is 4.79 Å². The van der Waals surface area contributed by atoms with Gasteiger partial charge in [0.1, 0.15) is 5.54 Å². The van der Waals surface area contributed by atoms with Crippen molar-refractivity contribution in [3.05, 3.63) is 34.3 Å². The van der Waals surface area contributed by atoms with Crippen LogP contribution >= 0.6 is 15.9 Å². The molecule has 1 aromatic carbocycles. The van der Waals surface area contributed by atoms with Gasteiger partial charge in [0.25, 0.3) is 0 Å². The van der Waals surface area contributed by atoms with Gasteiger partial charge in [-0.15, -0.1) is 0 Å². The zero-order valence-corrected chi connectivity index (χ0v) is 9.76. The first-order chi connectivity index (χ1) is 6.50. The molecule has 0 saturated heterocycles. The number of halogens is 1. The Morgan fingerprint density at radius 3 is 2.29 bits per heavy atom. The molecule has 1 amide bonds. The molecule has 0 radical (unpaired) electrons. The van der Waals surface area contributed by atoms with E-state index < -0.39 is 5.54 Å². The molecular weight excluding hydrogens is 244 g/mol. The molecular formula is C10H13BrN2O. The molecule has 1 unspecified atom stereocenters. The minimum absolute atomic E-state index is 0.387. The summed E-state index contributed by atoms with van der Waals surface area (Å²) in [6, 6.07) is 7.50. The molecule has 3 nitrogen and oxygen atoms in total.